The fourth-order valence-electron chi connectivity index (χ4n) is 2.81. The number of likely N-dealkylation sites (tertiary alicyclic amines) is 1. The number of carboxylic acids is 1. The lowest BCUT2D eigenvalue weighted by Crippen LogP contribution is -2.49. The molecule has 6 heteroatoms. The van der Waals surface area contributed by atoms with E-state index in [9.17, 15) is 9.59 Å². The van der Waals surface area contributed by atoms with Crippen molar-refractivity contribution in [1.82, 2.24) is 9.80 Å². The summed E-state index contributed by atoms with van der Waals surface area (Å²) in [5.74, 6) is -0.904. The summed E-state index contributed by atoms with van der Waals surface area (Å²) >= 11 is 0. The molecule has 2 amide bonds. The second-order valence-electron chi connectivity index (χ2n) is 5.15. The summed E-state index contributed by atoms with van der Waals surface area (Å²) in [4.78, 5) is 26.7. The Kier molecular flexibility index (Phi) is 4.63. The summed E-state index contributed by atoms with van der Waals surface area (Å²) in [6.45, 7) is 4.37. The first kappa shape index (κ1) is 14.1. The second kappa shape index (κ2) is 6.23. The first-order valence-corrected chi connectivity index (χ1v) is 7.03. The van der Waals surface area contributed by atoms with Crippen LogP contribution in [0.4, 0.5) is 4.79 Å². The third-order valence-corrected chi connectivity index (χ3v) is 3.88. The number of nitrogens with zero attached hydrogens (tertiary/aromatic N) is 2. The average molecular weight is 270 g/mol. The average Bonchev–Trinajstić information content (AvgIpc) is 3.05. The molecule has 2 heterocycles. The minimum Gasteiger partial charge on any atom is -0.480 e. The van der Waals surface area contributed by atoms with E-state index in [1.165, 1.54) is 4.90 Å². The molecule has 2 aliphatic heterocycles. The predicted octanol–water partition coefficient (Wildman–Crippen LogP) is 1.16. The van der Waals surface area contributed by atoms with Crippen LogP contribution in [0.1, 0.15) is 32.6 Å². The number of urea groups is 1. The minimum absolute atomic E-state index is 0.106. The zero-order chi connectivity index (χ0) is 13.8. The van der Waals surface area contributed by atoms with Gasteiger partial charge < -0.3 is 19.6 Å². The minimum atomic E-state index is -0.904. The van der Waals surface area contributed by atoms with Crippen LogP contribution in [-0.4, -0.2) is 65.3 Å². The molecule has 0 saturated carbocycles. The third-order valence-electron chi connectivity index (χ3n) is 3.88. The smallest absolute Gasteiger partial charge is 0.326 e. The van der Waals surface area contributed by atoms with Crippen LogP contribution in [0, 0.1) is 0 Å². The van der Waals surface area contributed by atoms with E-state index in [1.54, 1.807) is 4.90 Å². The lowest BCUT2D eigenvalue weighted by molar-refractivity contribution is -0.141. The van der Waals surface area contributed by atoms with E-state index < -0.39 is 12.0 Å². The molecule has 0 aliphatic carbocycles. The molecule has 0 aromatic heterocycles. The molecule has 2 aliphatic rings. The molecule has 1 N–H and O–H groups in total. The standard InChI is InChI=1S/C13H22N2O4/c1-2-14(9-10-5-4-8-19-10)13(18)15-7-3-6-11(15)12(16)17/h10-11H,2-9H2,1H3,(H,16,17)/t10?,11-/m0/s1. The molecule has 19 heavy (non-hydrogen) atoms. The number of hydrogen-bond donors (Lipinski definition) is 1. The fourth-order valence-corrected chi connectivity index (χ4v) is 2.81. The van der Waals surface area contributed by atoms with Crippen molar-refractivity contribution in [2.24, 2.45) is 0 Å². The molecular formula is C13H22N2O4. The topological polar surface area (TPSA) is 70.1 Å². The van der Waals surface area contributed by atoms with Crippen molar-refractivity contribution in [2.75, 3.05) is 26.2 Å². The number of carbonyl (C=O) groups is 2. The Morgan fingerprint density at radius 3 is 2.74 bits per heavy atom. The number of likely N-dealkylation sites (N-methyl/N-ethyl adjacent to an activating group) is 1. The maximum atomic E-state index is 12.4. The monoisotopic (exact) mass is 270 g/mol. The molecule has 2 atom stereocenters. The number of carboxylic acid groups (broad SMARTS) is 1. The van der Waals surface area contributed by atoms with Gasteiger partial charge in [-0.1, -0.05) is 0 Å². The van der Waals surface area contributed by atoms with Crippen LogP contribution in [0.25, 0.3) is 0 Å². The molecule has 0 radical (unpaired) electrons. The van der Waals surface area contributed by atoms with E-state index in [1.807, 2.05) is 6.92 Å². The van der Waals surface area contributed by atoms with Crippen molar-refractivity contribution in [2.45, 2.75) is 44.8 Å². The lowest BCUT2D eigenvalue weighted by Gasteiger charge is -2.31. The van der Waals surface area contributed by atoms with Gasteiger partial charge in [0.1, 0.15) is 6.04 Å². The maximum Gasteiger partial charge on any atom is 0.326 e. The molecule has 6 nitrogen and oxygen atoms in total. The van der Waals surface area contributed by atoms with Gasteiger partial charge in [0.05, 0.1) is 6.10 Å². The first-order chi connectivity index (χ1) is 9.13. The van der Waals surface area contributed by atoms with Crippen LogP contribution in [-0.2, 0) is 9.53 Å². The highest BCUT2D eigenvalue weighted by Crippen LogP contribution is 2.20. The maximum absolute atomic E-state index is 12.4. The van der Waals surface area contributed by atoms with Gasteiger partial charge in [-0.2, -0.15) is 0 Å². The van der Waals surface area contributed by atoms with Gasteiger partial charge in [0.25, 0.3) is 0 Å². The molecule has 2 fully saturated rings. The van der Waals surface area contributed by atoms with Crippen molar-refractivity contribution < 1.29 is 19.4 Å². The normalized spacial score (nSPS) is 26.7. The van der Waals surface area contributed by atoms with Gasteiger partial charge in [-0.05, 0) is 32.6 Å². The summed E-state index contributed by atoms with van der Waals surface area (Å²) < 4.78 is 5.54. The number of ether oxygens (including phenoxy) is 1. The van der Waals surface area contributed by atoms with Gasteiger partial charge in [0.15, 0.2) is 0 Å². The number of carbonyl (C=O) groups excluding carboxylic acids is 1. The quantitative estimate of drug-likeness (QED) is 0.832. The molecule has 0 bridgehead atoms. The Bertz CT molecular complexity index is 342. The summed E-state index contributed by atoms with van der Waals surface area (Å²) in [5.41, 5.74) is 0. The predicted molar refractivity (Wildman–Crippen MR) is 69.0 cm³/mol. The van der Waals surface area contributed by atoms with Gasteiger partial charge in [-0.3, -0.25) is 0 Å². The van der Waals surface area contributed by atoms with Crippen LogP contribution < -0.4 is 0 Å². The van der Waals surface area contributed by atoms with Crippen LogP contribution in [0.5, 0.6) is 0 Å². The van der Waals surface area contributed by atoms with Crippen molar-refractivity contribution in [3.63, 3.8) is 0 Å². The highest BCUT2D eigenvalue weighted by Gasteiger charge is 2.36. The number of aliphatic carboxylic acids is 1. The van der Waals surface area contributed by atoms with E-state index >= 15 is 0 Å². The van der Waals surface area contributed by atoms with E-state index in [0.717, 1.165) is 25.9 Å². The highest BCUT2D eigenvalue weighted by molar-refractivity contribution is 5.83. The Morgan fingerprint density at radius 1 is 1.37 bits per heavy atom. The fraction of sp³-hybridized carbons (Fsp3) is 0.846. The van der Waals surface area contributed by atoms with Crippen molar-refractivity contribution in [3.8, 4) is 0 Å². The summed E-state index contributed by atoms with van der Waals surface area (Å²) in [7, 11) is 0. The molecule has 108 valence electrons. The highest BCUT2D eigenvalue weighted by atomic mass is 16.5. The molecule has 2 saturated heterocycles. The van der Waals surface area contributed by atoms with E-state index in [4.69, 9.17) is 9.84 Å². The molecular weight excluding hydrogens is 248 g/mol. The third kappa shape index (κ3) is 3.18. The van der Waals surface area contributed by atoms with Crippen molar-refractivity contribution >= 4 is 12.0 Å². The van der Waals surface area contributed by atoms with Gasteiger partial charge >= 0.3 is 12.0 Å². The summed E-state index contributed by atoms with van der Waals surface area (Å²) in [5, 5.41) is 9.13. The molecule has 1 unspecified atom stereocenters. The number of rotatable bonds is 4. The SMILES string of the molecule is CCN(CC1CCCO1)C(=O)N1CCC[C@H]1C(=O)O. The van der Waals surface area contributed by atoms with E-state index in [0.29, 0.717) is 26.1 Å². The Labute approximate surface area is 113 Å². The van der Waals surface area contributed by atoms with E-state index in [-0.39, 0.29) is 12.1 Å². The molecule has 2 rings (SSSR count). The van der Waals surface area contributed by atoms with Gasteiger partial charge in [0, 0.05) is 26.2 Å². The largest absolute Gasteiger partial charge is 0.480 e. The lowest BCUT2D eigenvalue weighted by atomic mass is 10.2. The van der Waals surface area contributed by atoms with Gasteiger partial charge in [0.2, 0.25) is 0 Å². The van der Waals surface area contributed by atoms with Crippen LogP contribution in [0.3, 0.4) is 0 Å². The van der Waals surface area contributed by atoms with Gasteiger partial charge in [-0.25, -0.2) is 9.59 Å². The van der Waals surface area contributed by atoms with E-state index in [2.05, 4.69) is 0 Å². The zero-order valence-corrected chi connectivity index (χ0v) is 11.4. The van der Waals surface area contributed by atoms with Crippen molar-refractivity contribution in [3.05, 3.63) is 0 Å². The zero-order valence-electron chi connectivity index (χ0n) is 11.4. The number of hydrogen-bond acceptors (Lipinski definition) is 3. The summed E-state index contributed by atoms with van der Waals surface area (Å²) in [6, 6.07) is -0.825. The molecule has 0 aromatic carbocycles. The molecule has 0 aromatic rings. The first-order valence-electron chi connectivity index (χ1n) is 7.03. The molecule has 0 spiro atoms. The van der Waals surface area contributed by atoms with Crippen LogP contribution in [0.15, 0.2) is 0 Å². The Balaban J connectivity index is 1.96. The van der Waals surface area contributed by atoms with Gasteiger partial charge in [-0.15, -0.1) is 0 Å². The second-order valence-corrected chi connectivity index (χ2v) is 5.15. The Morgan fingerprint density at radius 2 is 2.16 bits per heavy atom. The van der Waals surface area contributed by atoms with Crippen LogP contribution in [0.2, 0.25) is 0 Å². The Hall–Kier alpha value is -1.30. The van der Waals surface area contributed by atoms with Crippen LogP contribution >= 0.6 is 0 Å². The van der Waals surface area contributed by atoms with Crippen molar-refractivity contribution in [1.29, 1.82) is 0 Å². The summed E-state index contributed by atoms with van der Waals surface area (Å²) in [6.07, 6.45) is 3.44. The number of amides is 2.